The molecule has 0 aromatic heterocycles. The fraction of sp³-hybridized carbons (Fsp3) is 0.400. The molecule has 0 saturated carbocycles. The third-order valence-corrected chi connectivity index (χ3v) is 2.08. The van der Waals surface area contributed by atoms with Crippen LogP contribution in [-0.4, -0.2) is 24.0 Å². The van der Waals surface area contributed by atoms with Crippen LogP contribution in [0, 0.1) is 0 Å². The molecule has 0 saturated heterocycles. The van der Waals surface area contributed by atoms with Gasteiger partial charge in [-0.2, -0.15) is 26.3 Å². The van der Waals surface area contributed by atoms with Crippen LogP contribution in [0.1, 0.15) is 5.56 Å². The summed E-state index contributed by atoms with van der Waals surface area (Å²) in [5.74, 6) is 0. The lowest BCUT2D eigenvalue weighted by Crippen LogP contribution is -2.48. The molecule has 0 spiro atoms. The van der Waals surface area contributed by atoms with Gasteiger partial charge in [0.15, 0.2) is 0 Å². The van der Waals surface area contributed by atoms with Crippen molar-refractivity contribution >= 4 is 17.0 Å². The van der Waals surface area contributed by atoms with Crippen molar-refractivity contribution in [1.82, 2.24) is 4.90 Å². The molecule has 8 heteroatoms. The van der Waals surface area contributed by atoms with Gasteiger partial charge < -0.3 is 0 Å². The molecule has 0 unspecified atom stereocenters. The summed E-state index contributed by atoms with van der Waals surface area (Å²) in [6.45, 7) is -1.14. The van der Waals surface area contributed by atoms with Crippen LogP contribution in [0.25, 0.3) is 0 Å². The molecule has 1 aromatic carbocycles. The van der Waals surface area contributed by atoms with Crippen molar-refractivity contribution in [3.8, 4) is 0 Å². The highest BCUT2D eigenvalue weighted by Crippen LogP contribution is 2.33. The molecule has 0 atom stereocenters. The predicted molar refractivity (Wildman–Crippen MR) is 59.3 cm³/mol. The minimum Gasteiger partial charge on any atom is -0.155 e. The minimum absolute atomic E-state index is 0. The molecule has 104 valence electrons. The Labute approximate surface area is 110 Å². The summed E-state index contributed by atoms with van der Waals surface area (Å²) in [6, 6.07) is 7.70. The molecule has 0 fully saturated rings. The van der Waals surface area contributed by atoms with Crippen LogP contribution < -0.4 is 0 Å². The lowest BCUT2D eigenvalue weighted by Gasteiger charge is -2.26. The van der Waals surface area contributed by atoms with Crippen LogP contribution in [0.2, 0.25) is 0 Å². The Morgan fingerprint density at radius 1 is 0.833 bits per heavy atom. The van der Waals surface area contributed by atoms with Gasteiger partial charge in [0, 0.05) is 6.54 Å². The van der Waals surface area contributed by atoms with Crippen LogP contribution in [0.3, 0.4) is 0 Å². The Kier molecular flexibility index (Phi) is 6.15. The van der Waals surface area contributed by atoms with Crippen molar-refractivity contribution in [3.63, 3.8) is 0 Å². The number of halogens is 7. The first-order valence-electron chi connectivity index (χ1n) is 4.66. The van der Waals surface area contributed by atoms with E-state index in [1.807, 2.05) is 0 Å². The van der Waals surface area contributed by atoms with E-state index >= 15 is 0 Å². The highest BCUT2D eigenvalue weighted by atomic mass is 79.9. The standard InChI is InChI=1S/C10H9F6N.BrH/c11-9(12,13)17(10(14,15)16)7-6-8-4-2-1-3-5-8;/h1-5H,6-7H2;1H. The topological polar surface area (TPSA) is 3.24 Å². The van der Waals surface area contributed by atoms with Crippen LogP contribution in [0.4, 0.5) is 26.3 Å². The predicted octanol–water partition coefficient (Wildman–Crippen LogP) is 4.15. The average molecular weight is 338 g/mol. The zero-order valence-corrected chi connectivity index (χ0v) is 10.6. The highest BCUT2D eigenvalue weighted by molar-refractivity contribution is 8.93. The van der Waals surface area contributed by atoms with Gasteiger partial charge in [-0.3, -0.25) is 0 Å². The molecule has 0 aliphatic heterocycles. The largest absolute Gasteiger partial charge is 0.467 e. The molecule has 18 heavy (non-hydrogen) atoms. The molecule has 0 amide bonds. The second kappa shape index (κ2) is 6.42. The fourth-order valence-corrected chi connectivity index (χ4v) is 1.28. The van der Waals surface area contributed by atoms with Gasteiger partial charge in [0.05, 0.1) is 0 Å². The molecule has 0 N–H and O–H groups in total. The molecule has 1 nitrogen and oxygen atoms in total. The molecule has 0 aliphatic carbocycles. The molecule has 0 heterocycles. The molecular weight excluding hydrogens is 328 g/mol. The second-order valence-corrected chi connectivity index (χ2v) is 3.32. The SMILES string of the molecule is Br.FC(F)(F)N(CCc1ccccc1)C(F)(F)F. The maximum absolute atomic E-state index is 12.1. The van der Waals surface area contributed by atoms with Crippen molar-refractivity contribution in [2.45, 2.75) is 19.0 Å². The maximum Gasteiger partial charge on any atom is 0.467 e. The fourth-order valence-electron chi connectivity index (χ4n) is 1.28. The number of rotatable bonds is 3. The number of nitrogens with zero attached hydrogens (tertiary/aromatic N) is 1. The second-order valence-electron chi connectivity index (χ2n) is 3.32. The Morgan fingerprint density at radius 3 is 1.67 bits per heavy atom. The summed E-state index contributed by atoms with van der Waals surface area (Å²) in [5.41, 5.74) is 0.422. The zero-order chi connectivity index (χ0) is 13.1. The lowest BCUT2D eigenvalue weighted by molar-refractivity contribution is -0.372. The van der Waals surface area contributed by atoms with Crippen molar-refractivity contribution < 1.29 is 26.3 Å². The first kappa shape index (κ1) is 17.2. The maximum atomic E-state index is 12.1. The Morgan fingerprint density at radius 2 is 1.28 bits per heavy atom. The van der Waals surface area contributed by atoms with E-state index in [4.69, 9.17) is 0 Å². The summed E-state index contributed by atoms with van der Waals surface area (Å²) in [6.07, 6.45) is -11.1. The summed E-state index contributed by atoms with van der Waals surface area (Å²) in [7, 11) is 0. The number of hydrogen-bond acceptors (Lipinski definition) is 1. The van der Waals surface area contributed by atoms with Crippen LogP contribution in [-0.2, 0) is 6.42 Å². The monoisotopic (exact) mass is 337 g/mol. The minimum atomic E-state index is -5.41. The molecule has 1 rings (SSSR count). The third-order valence-electron chi connectivity index (χ3n) is 2.08. The van der Waals surface area contributed by atoms with Crippen LogP contribution in [0.5, 0.6) is 0 Å². The van der Waals surface area contributed by atoms with Gasteiger partial charge in [-0.1, -0.05) is 30.3 Å². The third kappa shape index (κ3) is 5.26. The van der Waals surface area contributed by atoms with Crippen LogP contribution in [0.15, 0.2) is 30.3 Å². The van der Waals surface area contributed by atoms with E-state index < -0.39 is 24.0 Å². The summed E-state index contributed by atoms with van der Waals surface area (Å²) in [5, 5.41) is 0. The molecule has 1 aromatic rings. The van der Waals surface area contributed by atoms with Crippen molar-refractivity contribution in [2.75, 3.05) is 6.54 Å². The van der Waals surface area contributed by atoms with E-state index in [-0.39, 0.29) is 23.4 Å². The summed E-state index contributed by atoms with van der Waals surface area (Å²) < 4.78 is 72.7. The van der Waals surface area contributed by atoms with Crippen LogP contribution >= 0.6 is 17.0 Å². The Balaban J connectivity index is 0.00000289. The molecule has 0 aliphatic rings. The van der Waals surface area contributed by atoms with E-state index in [1.54, 1.807) is 18.2 Å². The van der Waals surface area contributed by atoms with E-state index in [1.165, 1.54) is 12.1 Å². The first-order valence-corrected chi connectivity index (χ1v) is 4.66. The molecule has 0 bridgehead atoms. The first-order chi connectivity index (χ1) is 7.71. The zero-order valence-electron chi connectivity index (χ0n) is 8.92. The quantitative estimate of drug-likeness (QED) is 0.591. The van der Waals surface area contributed by atoms with Gasteiger partial charge in [0.2, 0.25) is 0 Å². The van der Waals surface area contributed by atoms with Gasteiger partial charge >= 0.3 is 12.6 Å². The Bertz CT molecular complexity index is 334. The Hall–Kier alpha value is -0.760. The van der Waals surface area contributed by atoms with Gasteiger partial charge in [-0.15, -0.1) is 21.9 Å². The molecule has 0 radical (unpaired) electrons. The van der Waals surface area contributed by atoms with Gasteiger partial charge in [-0.25, -0.2) is 0 Å². The van der Waals surface area contributed by atoms with Crippen molar-refractivity contribution in [2.24, 2.45) is 0 Å². The van der Waals surface area contributed by atoms with Gasteiger partial charge in [0.1, 0.15) is 0 Å². The summed E-state index contributed by atoms with van der Waals surface area (Å²) >= 11 is 0. The number of benzene rings is 1. The molecular formula is C10H10BrF6N. The van der Waals surface area contributed by atoms with Crippen molar-refractivity contribution in [1.29, 1.82) is 0 Å². The lowest BCUT2D eigenvalue weighted by atomic mass is 10.1. The van der Waals surface area contributed by atoms with Crippen molar-refractivity contribution in [3.05, 3.63) is 35.9 Å². The van der Waals surface area contributed by atoms with E-state index in [0.717, 1.165) is 0 Å². The summed E-state index contributed by atoms with van der Waals surface area (Å²) in [4.78, 5) is -1.42. The van der Waals surface area contributed by atoms with E-state index in [9.17, 15) is 26.3 Å². The number of alkyl halides is 6. The van der Waals surface area contributed by atoms with Gasteiger partial charge in [-0.05, 0) is 12.0 Å². The number of hydrogen-bond donors (Lipinski definition) is 0. The average Bonchev–Trinajstić information content (AvgIpc) is 2.15. The smallest absolute Gasteiger partial charge is 0.155 e. The van der Waals surface area contributed by atoms with E-state index in [2.05, 4.69) is 0 Å². The van der Waals surface area contributed by atoms with E-state index in [0.29, 0.717) is 5.56 Å². The normalized spacial score (nSPS) is 12.4. The highest BCUT2D eigenvalue weighted by Gasteiger charge is 2.53. The van der Waals surface area contributed by atoms with Gasteiger partial charge in [0.25, 0.3) is 0 Å².